The molecule has 1 unspecified atom stereocenters. The zero-order valence-electron chi connectivity index (χ0n) is 9.80. The van der Waals surface area contributed by atoms with Gasteiger partial charge < -0.3 is 5.32 Å². The summed E-state index contributed by atoms with van der Waals surface area (Å²) in [7, 11) is -2.20. The Hall–Kier alpha value is -0.210. The first-order chi connectivity index (χ1) is 8.27. The first-order valence-electron chi connectivity index (χ1n) is 5.09. The predicted molar refractivity (Wildman–Crippen MR) is 72.8 cm³/mol. The third-order valence-corrected chi connectivity index (χ3v) is 4.97. The summed E-state index contributed by atoms with van der Waals surface area (Å²) in [5, 5.41) is 3.01. The molecule has 0 amide bonds. The second-order valence-corrected chi connectivity index (χ2v) is 6.74. The van der Waals surface area contributed by atoms with E-state index in [-0.39, 0.29) is 17.6 Å². The van der Waals surface area contributed by atoms with Gasteiger partial charge in [0.05, 0.1) is 5.02 Å². The molecule has 0 aliphatic carbocycles. The minimum Gasteiger partial charge on any atom is -0.316 e. The number of hydrogen-bond acceptors (Lipinski definition) is 3. The number of likely N-dealkylation sites (N-methyl/N-ethyl adjacent to an activating group) is 1. The molecule has 8 heteroatoms. The van der Waals surface area contributed by atoms with Crippen LogP contribution in [0.5, 0.6) is 0 Å². The molecule has 102 valence electrons. The van der Waals surface area contributed by atoms with Crippen molar-refractivity contribution in [1.29, 1.82) is 0 Å². The maximum atomic E-state index is 13.6. The van der Waals surface area contributed by atoms with Crippen LogP contribution in [-0.4, -0.2) is 28.1 Å². The van der Waals surface area contributed by atoms with Crippen LogP contribution >= 0.6 is 27.5 Å². The summed E-state index contributed by atoms with van der Waals surface area (Å²) in [5.74, 6) is -0.851. The van der Waals surface area contributed by atoms with Gasteiger partial charge in [-0.05, 0) is 42.0 Å². The Balaban J connectivity index is 3.02. The third-order valence-electron chi connectivity index (χ3n) is 2.34. The summed E-state index contributed by atoms with van der Waals surface area (Å²) in [6.07, 6.45) is 0. The van der Waals surface area contributed by atoms with Crippen LogP contribution in [0.3, 0.4) is 0 Å². The molecule has 1 aromatic rings. The molecular weight excluding hydrogens is 347 g/mol. The lowest BCUT2D eigenvalue weighted by atomic mass is 10.3. The Bertz CT molecular complexity index is 539. The van der Waals surface area contributed by atoms with E-state index in [9.17, 15) is 12.8 Å². The number of rotatable bonds is 5. The highest BCUT2D eigenvalue weighted by Crippen LogP contribution is 2.27. The van der Waals surface area contributed by atoms with E-state index < -0.39 is 20.7 Å². The van der Waals surface area contributed by atoms with Gasteiger partial charge in [-0.15, -0.1) is 0 Å². The number of sulfonamides is 1. The van der Waals surface area contributed by atoms with Gasteiger partial charge in [0.15, 0.2) is 0 Å². The highest BCUT2D eigenvalue weighted by atomic mass is 79.9. The molecule has 1 aromatic carbocycles. The van der Waals surface area contributed by atoms with E-state index in [1.807, 2.05) is 0 Å². The van der Waals surface area contributed by atoms with Gasteiger partial charge >= 0.3 is 0 Å². The maximum Gasteiger partial charge on any atom is 0.243 e. The summed E-state index contributed by atoms with van der Waals surface area (Å²) in [6, 6.07) is 2.04. The molecule has 0 radical (unpaired) electrons. The largest absolute Gasteiger partial charge is 0.316 e. The van der Waals surface area contributed by atoms with Gasteiger partial charge in [0.25, 0.3) is 0 Å². The summed E-state index contributed by atoms with van der Waals surface area (Å²) in [5.41, 5.74) is 0. The van der Waals surface area contributed by atoms with E-state index in [1.165, 1.54) is 0 Å². The Morgan fingerprint density at radius 1 is 1.50 bits per heavy atom. The number of nitrogens with one attached hydrogen (secondary N) is 2. The second kappa shape index (κ2) is 6.29. The Kier molecular flexibility index (Phi) is 5.54. The van der Waals surface area contributed by atoms with Crippen LogP contribution in [0, 0.1) is 5.82 Å². The van der Waals surface area contributed by atoms with Crippen molar-refractivity contribution >= 4 is 37.6 Å². The standard InChI is InChI=1S/C10H13BrClFN2O2S/c1-6(14-2)5-15-18(16,17)10-4-8(12)7(11)3-9(10)13/h3-4,6,14-15H,5H2,1-2H3. The van der Waals surface area contributed by atoms with Crippen molar-refractivity contribution in [2.75, 3.05) is 13.6 Å². The highest BCUT2D eigenvalue weighted by Gasteiger charge is 2.21. The molecule has 18 heavy (non-hydrogen) atoms. The fourth-order valence-electron chi connectivity index (χ4n) is 1.12. The van der Waals surface area contributed by atoms with Gasteiger partial charge in [-0.1, -0.05) is 11.6 Å². The smallest absolute Gasteiger partial charge is 0.243 e. The van der Waals surface area contributed by atoms with E-state index >= 15 is 0 Å². The fourth-order valence-corrected chi connectivity index (χ4v) is 2.88. The minimum atomic E-state index is -3.91. The monoisotopic (exact) mass is 358 g/mol. The SMILES string of the molecule is CNC(C)CNS(=O)(=O)c1cc(Cl)c(Br)cc1F. The van der Waals surface area contributed by atoms with Crippen LogP contribution in [0.25, 0.3) is 0 Å². The van der Waals surface area contributed by atoms with Crippen molar-refractivity contribution in [2.24, 2.45) is 0 Å². The van der Waals surface area contributed by atoms with E-state index in [2.05, 4.69) is 26.0 Å². The number of halogens is 3. The summed E-state index contributed by atoms with van der Waals surface area (Å²) in [6.45, 7) is 1.96. The van der Waals surface area contributed by atoms with Crippen molar-refractivity contribution in [3.05, 3.63) is 27.4 Å². The Morgan fingerprint density at radius 2 is 2.11 bits per heavy atom. The maximum absolute atomic E-state index is 13.6. The van der Waals surface area contributed by atoms with Gasteiger partial charge in [-0.25, -0.2) is 17.5 Å². The van der Waals surface area contributed by atoms with E-state index in [0.717, 1.165) is 12.1 Å². The minimum absolute atomic E-state index is 0.0613. The van der Waals surface area contributed by atoms with Crippen LogP contribution in [0.4, 0.5) is 4.39 Å². The lowest BCUT2D eigenvalue weighted by Crippen LogP contribution is -2.37. The topological polar surface area (TPSA) is 58.2 Å². The van der Waals surface area contributed by atoms with E-state index in [1.54, 1.807) is 14.0 Å². The van der Waals surface area contributed by atoms with Crippen LogP contribution in [-0.2, 0) is 10.0 Å². The average molecular weight is 360 g/mol. The molecule has 4 nitrogen and oxygen atoms in total. The molecule has 1 atom stereocenters. The lowest BCUT2D eigenvalue weighted by Gasteiger charge is -2.12. The zero-order chi connectivity index (χ0) is 13.9. The van der Waals surface area contributed by atoms with Crippen molar-refractivity contribution in [3.63, 3.8) is 0 Å². The molecule has 0 fully saturated rings. The van der Waals surface area contributed by atoms with Gasteiger partial charge in [-0.3, -0.25) is 0 Å². The summed E-state index contributed by atoms with van der Waals surface area (Å²) >= 11 is 8.79. The van der Waals surface area contributed by atoms with Gasteiger partial charge in [-0.2, -0.15) is 0 Å². The number of benzene rings is 1. The van der Waals surface area contributed by atoms with Gasteiger partial charge in [0, 0.05) is 17.1 Å². The molecule has 0 aromatic heterocycles. The van der Waals surface area contributed by atoms with Crippen molar-refractivity contribution < 1.29 is 12.8 Å². The molecule has 0 aliphatic heterocycles. The molecule has 0 saturated carbocycles. The molecule has 2 N–H and O–H groups in total. The molecule has 0 aliphatic rings. The van der Waals surface area contributed by atoms with E-state index in [4.69, 9.17) is 11.6 Å². The average Bonchev–Trinajstić information content (AvgIpc) is 2.30. The van der Waals surface area contributed by atoms with Crippen LogP contribution in [0.1, 0.15) is 6.92 Å². The van der Waals surface area contributed by atoms with Crippen LogP contribution in [0.2, 0.25) is 5.02 Å². The van der Waals surface area contributed by atoms with Crippen molar-refractivity contribution in [1.82, 2.24) is 10.0 Å². The zero-order valence-corrected chi connectivity index (χ0v) is 13.0. The molecule has 1 rings (SSSR count). The second-order valence-electron chi connectivity index (χ2n) is 3.74. The normalized spacial score (nSPS) is 13.6. The lowest BCUT2D eigenvalue weighted by molar-refractivity contribution is 0.540. The first kappa shape index (κ1) is 15.8. The quantitative estimate of drug-likeness (QED) is 0.792. The highest BCUT2D eigenvalue weighted by molar-refractivity contribution is 9.10. The first-order valence-corrected chi connectivity index (χ1v) is 7.75. The molecule has 0 spiro atoms. The van der Waals surface area contributed by atoms with E-state index in [0.29, 0.717) is 4.47 Å². The predicted octanol–water partition coefficient (Wildman–Crippen LogP) is 2.13. The molecule has 0 saturated heterocycles. The van der Waals surface area contributed by atoms with Crippen molar-refractivity contribution in [2.45, 2.75) is 17.9 Å². The third kappa shape index (κ3) is 3.89. The van der Waals surface area contributed by atoms with Gasteiger partial charge in [0.1, 0.15) is 10.7 Å². The Labute approximate surface area is 119 Å². The van der Waals surface area contributed by atoms with Crippen molar-refractivity contribution in [3.8, 4) is 0 Å². The van der Waals surface area contributed by atoms with Crippen LogP contribution in [0.15, 0.2) is 21.5 Å². The molecular formula is C10H13BrClFN2O2S. The summed E-state index contributed by atoms with van der Waals surface area (Å²) in [4.78, 5) is -0.459. The molecule has 0 bridgehead atoms. The number of hydrogen-bond donors (Lipinski definition) is 2. The Morgan fingerprint density at radius 3 is 2.67 bits per heavy atom. The van der Waals surface area contributed by atoms with Gasteiger partial charge in [0.2, 0.25) is 10.0 Å². The molecule has 0 heterocycles. The van der Waals surface area contributed by atoms with Crippen LogP contribution < -0.4 is 10.0 Å². The summed E-state index contributed by atoms with van der Waals surface area (Å²) < 4.78 is 40.0. The fraction of sp³-hybridized carbons (Fsp3) is 0.400.